The van der Waals surface area contributed by atoms with Crippen LogP contribution in [-0.4, -0.2) is 59.9 Å². The van der Waals surface area contributed by atoms with Crippen molar-refractivity contribution in [2.45, 2.75) is 95.4 Å². The average molecular weight is 509 g/mol. The highest BCUT2D eigenvalue weighted by Gasteiger charge is 2.35. The van der Waals surface area contributed by atoms with Gasteiger partial charge in [0.2, 0.25) is 0 Å². The van der Waals surface area contributed by atoms with Crippen molar-refractivity contribution in [2.24, 2.45) is 17.8 Å². The molecular weight excluding hydrogens is 472 g/mol. The fraction of sp³-hybridized carbons (Fsp3) is 0.731. The Kier molecular flexibility index (Phi) is 10.3. The van der Waals surface area contributed by atoms with Crippen molar-refractivity contribution in [1.29, 1.82) is 0 Å². The molecule has 0 spiro atoms. The molecule has 3 fully saturated rings. The first-order valence-corrected chi connectivity index (χ1v) is 12.9. The molecule has 36 heavy (non-hydrogen) atoms. The lowest BCUT2D eigenvalue weighted by Gasteiger charge is -2.32. The van der Waals surface area contributed by atoms with Gasteiger partial charge in [-0.2, -0.15) is 0 Å². The molecule has 3 rings (SSSR count). The fourth-order valence-corrected chi connectivity index (χ4v) is 5.19. The van der Waals surface area contributed by atoms with E-state index < -0.39 is 24.5 Å². The molecule has 3 saturated carbocycles. The van der Waals surface area contributed by atoms with Crippen LogP contribution in [0.4, 0.5) is 0 Å². The summed E-state index contributed by atoms with van der Waals surface area (Å²) in [6.45, 7) is 2.79. The molecule has 0 amide bonds. The summed E-state index contributed by atoms with van der Waals surface area (Å²) in [7, 11) is 0. The van der Waals surface area contributed by atoms with Crippen molar-refractivity contribution in [1.82, 2.24) is 0 Å². The van der Waals surface area contributed by atoms with E-state index in [0.717, 1.165) is 6.08 Å². The lowest BCUT2D eigenvalue weighted by atomic mass is 9.82. The maximum absolute atomic E-state index is 12.6. The number of aliphatic carboxylic acids is 1. The van der Waals surface area contributed by atoms with E-state index in [4.69, 9.17) is 19.3 Å². The van der Waals surface area contributed by atoms with Crippen LogP contribution in [0.1, 0.15) is 77.0 Å². The number of hydrogen-bond acceptors (Lipinski definition) is 9. The number of carboxylic acids is 1. The number of carbonyl (C=O) groups excluding carboxylic acids is 4. The summed E-state index contributed by atoms with van der Waals surface area (Å²) in [5.74, 6) is -3.42. The molecule has 1 N–H and O–H groups in total. The van der Waals surface area contributed by atoms with Crippen LogP contribution < -0.4 is 0 Å². The van der Waals surface area contributed by atoms with E-state index in [1.807, 2.05) is 0 Å². The lowest BCUT2D eigenvalue weighted by Crippen LogP contribution is -2.35. The quantitative estimate of drug-likeness (QED) is 0.280. The smallest absolute Gasteiger partial charge is 0.344 e. The molecular formula is C26H36O10. The highest BCUT2D eigenvalue weighted by Crippen LogP contribution is 2.33. The molecule has 0 aromatic carbocycles. The van der Waals surface area contributed by atoms with Crippen molar-refractivity contribution < 1.29 is 48.0 Å². The van der Waals surface area contributed by atoms with Gasteiger partial charge in [0.1, 0.15) is 18.3 Å². The van der Waals surface area contributed by atoms with E-state index in [-0.39, 0.29) is 48.0 Å². The van der Waals surface area contributed by atoms with Crippen molar-refractivity contribution in [3.63, 3.8) is 0 Å². The van der Waals surface area contributed by atoms with E-state index in [0.29, 0.717) is 77.0 Å². The Balaban J connectivity index is 1.29. The Morgan fingerprint density at radius 1 is 0.639 bits per heavy atom. The second-order valence-corrected chi connectivity index (χ2v) is 9.93. The number of rotatable bonds is 9. The molecule has 3 aliphatic rings. The average Bonchev–Trinajstić information content (AvgIpc) is 2.88. The topological polar surface area (TPSA) is 142 Å². The molecule has 0 unspecified atom stereocenters. The summed E-state index contributed by atoms with van der Waals surface area (Å²) in [6.07, 6.45) is 7.09. The van der Waals surface area contributed by atoms with Gasteiger partial charge in [-0.25, -0.2) is 9.59 Å². The second-order valence-electron chi connectivity index (χ2n) is 9.93. The third-order valence-corrected chi connectivity index (χ3v) is 7.40. The largest absolute Gasteiger partial charge is 0.481 e. The van der Waals surface area contributed by atoms with Crippen LogP contribution in [0.3, 0.4) is 0 Å². The van der Waals surface area contributed by atoms with E-state index in [9.17, 15) is 24.0 Å². The lowest BCUT2D eigenvalue weighted by molar-refractivity contribution is -0.167. The van der Waals surface area contributed by atoms with Gasteiger partial charge in [0.05, 0.1) is 17.8 Å². The summed E-state index contributed by atoms with van der Waals surface area (Å²) < 4.78 is 21.3. The highest BCUT2D eigenvalue weighted by atomic mass is 16.6. The minimum Gasteiger partial charge on any atom is -0.481 e. The van der Waals surface area contributed by atoms with Crippen LogP contribution in [0.25, 0.3) is 0 Å². The third kappa shape index (κ3) is 8.34. The van der Waals surface area contributed by atoms with Gasteiger partial charge in [0, 0.05) is 6.08 Å². The SMILES string of the molecule is C=CC(=O)OCC(=O)OC1CCC(C(=O)OC2CCC(OC(=O)C3CCC(C(=O)O)CC3)CC2)CC1. The molecule has 3 aliphatic carbocycles. The van der Waals surface area contributed by atoms with Crippen molar-refractivity contribution in [2.75, 3.05) is 6.61 Å². The Labute approximate surface area is 210 Å². The van der Waals surface area contributed by atoms with E-state index in [1.165, 1.54) is 0 Å². The zero-order valence-corrected chi connectivity index (χ0v) is 20.6. The van der Waals surface area contributed by atoms with E-state index >= 15 is 0 Å². The normalized spacial score (nSPS) is 30.3. The first-order valence-electron chi connectivity index (χ1n) is 12.9. The summed E-state index contributed by atoms with van der Waals surface area (Å²) in [5.41, 5.74) is 0. The van der Waals surface area contributed by atoms with Gasteiger partial charge in [0.15, 0.2) is 6.61 Å². The van der Waals surface area contributed by atoms with Gasteiger partial charge in [-0.1, -0.05) is 6.58 Å². The third-order valence-electron chi connectivity index (χ3n) is 7.40. The van der Waals surface area contributed by atoms with E-state index in [2.05, 4.69) is 11.3 Å². The predicted molar refractivity (Wildman–Crippen MR) is 124 cm³/mol. The number of ether oxygens (including phenoxy) is 4. The maximum Gasteiger partial charge on any atom is 0.344 e. The number of carbonyl (C=O) groups is 5. The van der Waals surface area contributed by atoms with Crippen LogP contribution in [0.5, 0.6) is 0 Å². The zero-order chi connectivity index (χ0) is 26.1. The fourth-order valence-electron chi connectivity index (χ4n) is 5.19. The molecule has 0 bridgehead atoms. The Morgan fingerprint density at radius 2 is 1.03 bits per heavy atom. The van der Waals surface area contributed by atoms with E-state index in [1.54, 1.807) is 0 Å². The molecule has 0 aromatic rings. The van der Waals surface area contributed by atoms with Gasteiger partial charge in [-0.05, 0) is 77.0 Å². The van der Waals surface area contributed by atoms with Crippen LogP contribution in [0.2, 0.25) is 0 Å². The first kappa shape index (κ1) is 27.7. The first-order chi connectivity index (χ1) is 17.2. The zero-order valence-electron chi connectivity index (χ0n) is 20.6. The van der Waals surface area contributed by atoms with Crippen LogP contribution in [-0.2, 0) is 42.9 Å². The van der Waals surface area contributed by atoms with Crippen molar-refractivity contribution in [3.05, 3.63) is 12.7 Å². The standard InChI is InChI=1S/C26H36O10/c1-2-22(27)33-15-23(28)34-19-9-7-18(8-10-19)26(32)36-21-13-11-20(12-14-21)35-25(31)17-5-3-16(4-6-17)24(29)30/h2,16-21H,1,3-15H2,(H,29,30). The van der Waals surface area contributed by atoms with Crippen LogP contribution in [0, 0.1) is 17.8 Å². The molecule has 200 valence electrons. The van der Waals surface area contributed by atoms with Gasteiger partial charge >= 0.3 is 29.8 Å². The Hall–Kier alpha value is -2.91. The Morgan fingerprint density at radius 3 is 1.47 bits per heavy atom. The van der Waals surface area contributed by atoms with Crippen LogP contribution in [0.15, 0.2) is 12.7 Å². The molecule has 0 aromatic heterocycles. The number of hydrogen-bond donors (Lipinski definition) is 1. The predicted octanol–water partition coefficient (Wildman–Crippen LogP) is 3.11. The van der Waals surface area contributed by atoms with Gasteiger partial charge in [-0.3, -0.25) is 14.4 Å². The summed E-state index contributed by atoms with van der Waals surface area (Å²) in [4.78, 5) is 58.9. The van der Waals surface area contributed by atoms with Crippen molar-refractivity contribution in [3.8, 4) is 0 Å². The van der Waals surface area contributed by atoms with Crippen LogP contribution >= 0.6 is 0 Å². The molecule has 0 radical (unpaired) electrons. The molecule has 0 atom stereocenters. The van der Waals surface area contributed by atoms with Gasteiger partial charge in [0.25, 0.3) is 0 Å². The molecule has 0 heterocycles. The molecule has 0 aliphatic heterocycles. The van der Waals surface area contributed by atoms with Crippen molar-refractivity contribution >= 4 is 29.8 Å². The highest BCUT2D eigenvalue weighted by molar-refractivity contribution is 5.83. The molecule has 10 nitrogen and oxygen atoms in total. The van der Waals surface area contributed by atoms with Gasteiger partial charge < -0.3 is 24.1 Å². The summed E-state index contributed by atoms with van der Waals surface area (Å²) in [6, 6.07) is 0. The summed E-state index contributed by atoms with van der Waals surface area (Å²) >= 11 is 0. The molecule has 0 saturated heterocycles. The Bertz CT molecular complexity index is 813. The maximum atomic E-state index is 12.6. The monoisotopic (exact) mass is 508 g/mol. The minimum absolute atomic E-state index is 0.194. The van der Waals surface area contributed by atoms with Gasteiger partial charge in [-0.15, -0.1) is 0 Å². The minimum atomic E-state index is -0.796. The summed E-state index contributed by atoms with van der Waals surface area (Å²) in [5, 5.41) is 9.09. The second kappa shape index (κ2) is 13.4. The molecule has 10 heteroatoms. The number of carboxylic acid groups (broad SMARTS) is 1. The number of esters is 4.